The number of oxazole rings is 1. The first kappa shape index (κ1) is 22.3. The van der Waals surface area contributed by atoms with Crippen LogP contribution >= 0.6 is 0 Å². The van der Waals surface area contributed by atoms with Crippen molar-refractivity contribution in [1.29, 1.82) is 0 Å². The van der Waals surface area contributed by atoms with E-state index in [0.29, 0.717) is 23.9 Å². The molecule has 2 heterocycles. The van der Waals surface area contributed by atoms with E-state index in [1.807, 2.05) is 51.3 Å². The van der Waals surface area contributed by atoms with Crippen molar-refractivity contribution in [2.24, 2.45) is 0 Å². The SMILES string of the molecule is CNC1CCC(Oc2cccc3cnc(Nc4cnc(N(C)CCN(C)C)o4)nc23)CC1. The van der Waals surface area contributed by atoms with Crippen LogP contribution in [-0.2, 0) is 0 Å². The van der Waals surface area contributed by atoms with Crippen LogP contribution in [0.25, 0.3) is 10.9 Å². The number of anilines is 3. The number of rotatable bonds is 9. The van der Waals surface area contributed by atoms with Gasteiger partial charge in [0.05, 0.1) is 12.3 Å². The van der Waals surface area contributed by atoms with Crippen LogP contribution in [0, 0.1) is 0 Å². The van der Waals surface area contributed by atoms with Crippen molar-refractivity contribution in [3.63, 3.8) is 0 Å². The summed E-state index contributed by atoms with van der Waals surface area (Å²) in [4.78, 5) is 17.6. The molecule has 2 N–H and O–H groups in total. The number of hydrogen-bond donors (Lipinski definition) is 2. The molecular weight excluding hydrogens is 406 g/mol. The molecule has 0 atom stereocenters. The van der Waals surface area contributed by atoms with Crippen LogP contribution in [0.1, 0.15) is 25.7 Å². The van der Waals surface area contributed by atoms with Crippen molar-refractivity contribution < 1.29 is 9.15 Å². The van der Waals surface area contributed by atoms with E-state index in [4.69, 9.17) is 14.1 Å². The van der Waals surface area contributed by atoms with Gasteiger partial charge in [0.2, 0.25) is 11.8 Å². The molecule has 0 aliphatic heterocycles. The minimum Gasteiger partial charge on any atom is -0.488 e. The molecule has 32 heavy (non-hydrogen) atoms. The highest BCUT2D eigenvalue weighted by atomic mass is 16.5. The Morgan fingerprint density at radius 2 is 1.88 bits per heavy atom. The minimum absolute atomic E-state index is 0.214. The third-order valence-electron chi connectivity index (χ3n) is 5.89. The number of aromatic nitrogens is 3. The second-order valence-electron chi connectivity index (χ2n) is 8.62. The summed E-state index contributed by atoms with van der Waals surface area (Å²) in [6.45, 7) is 1.73. The summed E-state index contributed by atoms with van der Waals surface area (Å²) in [7, 11) is 8.07. The van der Waals surface area contributed by atoms with E-state index in [1.165, 1.54) is 0 Å². The third-order valence-corrected chi connectivity index (χ3v) is 5.89. The van der Waals surface area contributed by atoms with Gasteiger partial charge in [-0.2, -0.15) is 4.98 Å². The lowest BCUT2D eigenvalue weighted by Crippen LogP contribution is -2.34. The first-order valence-electron chi connectivity index (χ1n) is 11.2. The zero-order chi connectivity index (χ0) is 22.5. The van der Waals surface area contributed by atoms with E-state index in [2.05, 4.69) is 25.5 Å². The molecule has 0 unspecified atom stereocenters. The summed E-state index contributed by atoms with van der Waals surface area (Å²) in [5, 5.41) is 7.44. The molecule has 3 aromatic rings. The molecule has 1 aromatic carbocycles. The van der Waals surface area contributed by atoms with Gasteiger partial charge in [-0.15, -0.1) is 0 Å². The quantitative estimate of drug-likeness (QED) is 0.521. The average molecular weight is 440 g/mol. The maximum atomic E-state index is 6.36. The molecule has 0 amide bonds. The lowest BCUT2D eigenvalue weighted by atomic mass is 9.93. The molecule has 4 rings (SSSR count). The van der Waals surface area contributed by atoms with Gasteiger partial charge in [-0.1, -0.05) is 12.1 Å². The maximum absolute atomic E-state index is 6.36. The van der Waals surface area contributed by atoms with E-state index in [1.54, 1.807) is 12.4 Å². The summed E-state index contributed by atoms with van der Waals surface area (Å²) in [5.74, 6) is 1.74. The summed E-state index contributed by atoms with van der Waals surface area (Å²) >= 11 is 0. The van der Waals surface area contributed by atoms with Crippen molar-refractivity contribution in [1.82, 2.24) is 25.2 Å². The van der Waals surface area contributed by atoms with Gasteiger partial charge in [-0.3, -0.25) is 5.32 Å². The highest BCUT2D eigenvalue weighted by Crippen LogP contribution is 2.30. The van der Waals surface area contributed by atoms with Gasteiger partial charge in [0.15, 0.2) is 0 Å². The van der Waals surface area contributed by atoms with Crippen molar-refractivity contribution in [3.8, 4) is 5.75 Å². The third kappa shape index (κ3) is 5.46. The number of fused-ring (bicyclic) bond motifs is 1. The largest absolute Gasteiger partial charge is 0.488 e. The van der Waals surface area contributed by atoms with Crippen molar-refractivity contribution in [3.05, 3.63) is 30.6 Å². The standard InChI is InChI=1S/C23H33N7O2/c1-24-17-8-10-18(11-9-17)31-19-7-5-6-16-14-25-22(28-21(16)19)27-20-15-26-23(32-20)30(4)13-12-29(2)3/h5-7,14-15,17-18,24H,8-13H2,1-4H3,(H,25,27,28). The Labute approximate surface area is 189 Å². The summed E-state index contributed by atoms with van der Waals surface area (Å²) < 4.78 is 12.2. The Balaban J connectivity index is 1.46. The van der Waals surface area contributed by atoms with E-state index in [-0.39, 0.29) is 6.10 Å². The Kier molecular flexibility index (Phi) is 7.06. The van der Waals surface area contributed by atoms with E-state index in [9.17, 15) is 0 Å². The Hall–Kier alpha value is -2.91. The Morgan fingerprint density at radius 3 is 2.62 bits per heavy atom. The normalized spacial score (nSPS) is 18.8. The number of benzene rings is 1. The lowest BCUT2D eigenvalue weighted by Gasteiger charge is -2.28. The molecule has 1 saturated carbocycles. The second-order valence-corrected chi connectivity index (χ2v) is 8.62. The number of nitrogens with one attached hydrogen (secondary N) is 2. The van der Waals surface area contributed by atoms with Gasteiger partial charge in [0, 0.05) is 37.8 Å². The lowest BCUT2D eigenvalue weighted by molar-refractivity contribution is 0.143. The molecule has 1 fully saturated rings. The molecule has 1 aliphatic rings. The molecule has 9 nitrogen and oxygen atoms in total. The molecule has 2 aromatic heterocycles. The monoisotopic (exact) mass is 439 g/mol. The van der Waals surface area contributed by atoms with Crippen molar-refractivity contribution in [2.45, 2.75) is 37.8 Å². The smallest absolute Gasteiger partial charge is 0.298 e. The van der Waals surface area contributed by atoms with Gasteiger partial charge >= 0.3 is 0 Å². The van der Waals surface area contributed by atoms with E-state index < -0.39 is 0 Å². The van der Waals surface area contributed by atoms with Crippen molar-refractivity contribution >= 4 is 28.8 Å². The first-order chi connectivity index (χ1) is 15.5. The molecule has 172 valence electrons. The molecule has 0 spiro atoms. The first-order valence-corrected chi connectivity index (χ1v) is 11.2. The van der Waals surface area contributed by atoms with E-state index >= 15 is 0 Å². The van der Waals surface area contributed by atoms with E-state index in [0.717, 1.165) is 55.4 Å². The number of likely N-dealkylation sites (N-methyl/N-ethyl adjacent to an activating group) is 2. The highest BCUT2D eigenvalue weighted by molar-refractivity contribution is 5.84. The fourth-order valence-electron chi connectivity index (χ4n) is 3.89. The van der Waals surface area contributed by atoms with Crippen molar-refractivity contribution in [2.75, 3.05) is 51.5 Å². The predicted octanol–water partition coefficient (Wildman–Crippen LogP) is 3.27. The average Bonchev–Trinajstić information content (AvgIpc) is 3.27. The number of nitrogens with zero attached hydrogens (tertiary/aromatic N) is 5. The fraction of sp³-hybridized carbons (Fsp3) is 0.522. The fourth-order valence-corrected chi connectivity index (χ4v) is 3.89. The number of ether oxygens (including phenoxy) is 1. The summed E-state index contributed by atoms with van der Waals surface area (Å²) in [5.41, 5.74) is 0.795. The number of para-hydroxylation sites is 1. The second kappa shape index (κ2) is 10.1. The van der Waals surface area contributed by atoms with Crippen LogP contribution in [0.15, 0.2) is 35.0 Å². The predicted molar refractivity (Wildman–Crippen MR) is 127 cm³/mol. The van der Waals surface area contributed by atoms with Crippen LogP contribution in [0.3, 0.4) is 0 Å². The van der Waals surface area contributed by atoms with Crippen LogP contribution in [0.5, 0.6) is 5.75 Å². The van der Waals surface area contributed by atoms with Gasteiger partial charge in [0.1, 0.15) is 11.3 Å². The van der Waals surface area contributed by atoms with Gasteiger partial charge in [-0.05, 0) is 52.9 Å². The Morgan fingerprint density at radius 1 is 1.06 bits per heavy atom. The summed E-state index contributed by atoms with van der Waals surface area (Å²) in [6, 6.07) is 7.11. The van der Waals surface area contributed by atoms with Crippen LogP contribution < -0.4 is 20.3 Å². The van der Waals surface area contributed by atoms with Gasteiger partial charge < -0.3 is 24.3 Å². The molecule has 0 radical (unpaired) electrons. The summed E-state index contributed by atoms with van der Waals surface area (Å²) in [6.07, 6.45) is 8.01. The molecule has 9 heteroatoms. The zero-order valence-electron chi connectivity index (χ0n) is 19.3. The topological polar surface area (TPSA) is 91.6 Å². The molecule has 0 saturated heterocycles. The number of hydrogen-bond acceptors (Lipinski definition) is 9. The van der Waals surface area contributed by atoms with Gasteiger partial charge in [-0.25, -0.2) is 9.97 Å². The van der Waals surface area contributed by atoms with Crippen LogP contribution in [-0.4, -0.2) is 73.3 Å². The molecule has 1 aliphatic carbocycles. The minimum atomic E-state index is 0.214. The van der Waals surface area contributed by atoms with Crippen LogP contribution in [0.2, 0.25) is 0 Å². The highest BCUT2D eigenvalue weighted by Gasteiger charge is 2.22. The zero-order valence-corrected chi connectivity index (χ0v) is 19.3. The maximum Gasteiger partial charge on any atom is 0.298 e. The van der Waals surface area contributed by atoms with Crippen LogP contribution in [0.4, 0.5) is 17.8 Å². The molecular formula is C23H33N7O2. The van der Waals surface area contributed by atoms with Gasteiger partial charge in [0.25, 0.3) is 6.01 Å². The Bertz CT molecular complexity index is 1010. The molecule has 0 bridgehead atoms.